The molecule has 0 spiro atoms. The Bertz CT molecular complexity index is 818. The summed E-state index contributed by atoms with van der Waals surface area (Å²) in [5.41, 5.74) is -0.401. The lowest BCUT2D eigenvalue weighted by Gasteiger charge is -2.05. The lowest BCUT2D eigenvalue weighted by Crippen LogP contribution is -1.92. The highest BCUT2D eigenvalue weighted by Crippen LogP contribution is 2.43. The second-order valence-corrected chi connectivity index (χ2v) is 8.49. The smallest absolute Gasteiger partial charge is 0.324 e. The van der Waals surface area contributed by atoms with Crippen molar-refractivity contribution >= 4 is 54.4 Å². The third-order valence-corrected chi connectivity index (χ3v) is 5.97. The Balaban J connectivity index is 2.48. The molecule has 112 valence electrons. The summed E-state index contributed by atoms with van der Waals surface area (Å²) in [6.45, 7) is 0. The molecule has 21 heavy (non-hydrogen) atoms. The largest absolute Gasteiger partial charge is 0.439 e. The van der Waals surface area contributed by atoms with Gasteiger partial charge in [0, 0.05) is 17.3 Å². The molecule has 0 bridgehead atoms. The van der Waals surface area contributed by atoms with E-state index in [1.807, 2.05) is 0 Å². The molecule has 6 nitrogen and oxygen atoms in total. The molecule has 2 rings (SSSR count). The van der Waals surface area contributed by atoms with Crippen LogP contribution in [0, 0.1) is 10.1 Å². The third-order valence-electron chi connectivity index (χ3n) is 2.32. The van der Waals surface area contributed by atoms with Gasteiger partial charge in [0.05, 0.1) is 9.40 Å². The van der Waals surface area contributed by atoms with Gasteiger partial charge in [0.2, 0.25) is 0 Å². The van der Waals surface area contributed by atoms with Crippen molar-refractivity contribution in [3.8, 4) is 10.8 Å². The Labute approximate surface area is 137 Å². The van der Waals surface area contributed by atoms with Crippen molar-refractivity contribution in [2.45, 2.75) is 4.21 Å². The van der Waals surface area contributed by atoms with Gasteiger partial charge in [-0.15, -0.1) is 0 Å². The maximum atomic E-state index is 11.5. The van der Waals surface area contributed by atoms with E-state index >= 15 is 0 Å². The van der Waals surface area contributed by atoms with E-state index in [1.165, 1.54) is 6.07 Å². The fourth-order valence-corrected chi connectivity index (χ4v) is 4.03. The Hall–Kier alpha value is -1.16. The van der Waals surface area contributed by atoms with Crippen molar-refractivity contribution < 1.29 is 18.1 Å². The molecule has 0 aliphatic rings. The van der Waals surface area contributed by atoms with Gasteiger partial charge in [-0.05, 0) is 34.1 Å². The average Bonchev–Trinajstić information content (AvgIpc) is 2.76. The number of sulfone groups is 1. The van der Waals surface area contributed by atoms with Crippen LogP contribution in [0.4, 0.5) is 5.69 Å². The molecule has 0 amide bonds. The fourth-order valence-electron chi connectivity index (χ4n) is 1.38. The first-order valence-electron chi connectivity index (χ1n) is 5.29. The molecule has 0 radical (unpaired) electrons. The van der Waals surface area contributed by atoms with Gasteiger partial charge in [-0.25, -0.2) is 8.42 Å². The Morgan fingerprint density at radius 1 is 1.38 bits per heavy atom. The number of benzene rings is 1. The Kier molecular flexibility index (Phi) is 4.57. The summed E-state index contributed by atoms with van der Waals surface area (Å²) in [6, 6.07) is 5.63. The highest BCUT2D eigenvalue weighted by atomic mass is 79.9. The van der Waals surface area contributed by atoms with Crippen LogP contribution in [0.25, 0.3) is 0 Å². The van der Waals surface area contributed by atoms with Gasteiger partial charge in [0.15, 0.2) is 9.84 Å². The number of halogens is 2. The van der Waals surface area contributed by atoms with Crippen LogP contribution in [0.1, 0.15) is 0 Å². The predicted molar refractivity (Wildman–Crippen MR) is 83.3 cm³/mol. The molecule has 0 N–H and O–H groups in total. The summed E-state index contributed by atoms with van der Waals surface area (Å²) in [7, 11) is -3.55. The van der Waals surface area contributed by atoms with E-state index in [2.05, 4.69) is 15.9 Å². The average molecular weight is 413 g/mol. The minimum Gasteiger partial charge on any atom is -0.439 e. The van der Waals surface area contributed by atoms with Crippen molar-refractivity contribution in [1.29, 1.82) is 0 Å². The molecular formula is C11H7BrClNO5S2. The number of rotatable bonds is 4. The van der Waals surface area contributed by atoms with Crippen LogP contribution < -0.4 is 4.74 Å². The summed E-state index contributed by atoms with van der Waals surface area (Å²) >= 11 is 9.71. The number of thiophene rings is 1. The van der Waals surface area contributed by atoms with Crippen LogP contribution in [0.2, 0.25) is 5.02 Å². The van der Waals surface area contributed by atoms with Crippen LogP contribution in [0.15, 0.2) is 32.9 Å². The first kappa shape index (κ1) is 16.2. The maximum absolute atomic E-state index is 11.5. The molecule has 1 aromatic carbocycles. The van der Waals surface area contributed by atoms with Crippen LogP contribution >= 0.6 is 38.9 Å². The number of hydrogen-bond acceptors (Lipinski definition) is 6. The molecule has 0 aliphatic carbocycles. The highest BCUT2D eigenvalue weighted by Gasteiger charge is 2.26. The van der Waals surface area contributed by atoms with Crippen molar-refractivity contribution in [3.63, 3.8) is 0 Å². The number of hydrogen-bond donors (Lipinski definition) is 0. The molecule has 0 atom stereocenters. The fraction of sp³-hybridized carbons (Fsp3) is 0.0909. The Morgan fingerprint density at radius 2 is 2.05 bits per heavy atom. The second-order valence-electron chi connectivity index (χ2n) is 3.94. The standard InChI is InChI=1S/C11H7BrClNO5S2/c1-21(17,18)10-5-8(14(15)16)11(20-10)19-9-3-2-6(13)4-7(9)12/h2-5H,1H3. The predicted octanol–water partition coefficient (Wildman–Crippen LogP) is 4.27. The van der Waals surface area contributed by atoms with Crippen molar-refractivity contribution in [2.24, 2.45) is 0 Å². The van der Waals surface area contributed by atoms with E-state index in [4.69, 9.17) is 16.3 Å². The molecular weight excluding hydrogens is 406 g/mol. The monoisotopic (exact) mass is 411 g/mol. The summed E-state index contributed by atoms with van der Waals surface area (Å²) in [4.78, 5) is 10.3. The molecule has 10 heteroatoms. The minimum absolute atomic E-state index is 0.108. The van der Waals surface area contributed by atoms with Gasteiger partial charge in [-0.3, -0.25) is 10.1 Å². The summed E-state index contributed by atoms with van der Waals surface area (Å²) in [5.74, 6) is 0.296. The summed E-state index contributed by atoms with van der Waals surface area (Å²) in [6.07, 6.45) is 0.977. The quantitative estimate of drug-likeness (QED) is 0.553. The SMILES string of the molecule is CS(=O)(=O)c1cc([N+](=O)[O-])c(Oc2ccc(Cl)cc2Br)s1. The van der Waals surface area contributed by atoms with Gasteiger partial charge in [0.25, 0.3) is 5.06 Å². The minimum atomic E-state index is -3.55. The molecule has 0 unspecified atom stereocenters. The van der Waals surface area contributed by atoms with Gasteiger partial charge in [0.1, 0.15) is 9.96 Å². The second kappa shape index (κ2) is 5.91. The maximum Gasteiger partial charge on any atom is 0.324 e. The van der Waals surface area contributed by atoms with Crippen LogP contribution in [0.3, 0.4) is 0 Å². The van der Waals surface area contributed by atoms with Crippen molar-refractivity contribution in [2.75, 3.05) is 6.26 Å². The molecule has 1 aromatic heterocycles. The van der Waals surface area contributed by atoms with Crippen LogP contribution in [-0.4, -0.2) is 19.6 Å². The summed E-state index contributed by atoms with van der Waals surface area (Å²) < 4.78 is 28.8. The first-order chi connectivity index (χ1) is 9.68. The van der Waals surface area contributed by atoms with E-state index in [-0.39, 0.29) is 9.27 Å². The van der Waals surface area contributed by atoms with Crippen LogP contribution in [0.5, 0.6) is 10.8 Å². The molecule has 0 saturated carbocycles. The van der Waals surface area contributed by atoms with Crippen molar-refractivity contribution in [1.82, 2.24) is 0 Å². The van der Waals surface area contributed by atoms with E-state index < -0.39 is 20.4 Å². The number of nitrogens with zero attached hydrogens (tertiary/aromatic N) is 1. The van der Waals surface area contributed by atoms with E-state index in [0.29, 0.717) is 26.6 Å². The van der Waals surface area contributed by atoms with Gasteiger partial charge >= 0.3 is 5.69 Å². The zero-order valence-electron chi connectivity index (χ0n) is 10.4. The zero-order valence-corrected chi connectivity index (χ0v) is 14.3. The van der Waals surface area contributed by atoms with Gasteiger partial charge in [-0.2, -0.15) is 0 Å². The van der Waals surface area contributed by atoms with Gasteiger partial charge < -0.3 is 4.74 Å². The lowest BCUT2D eigenvalue weighted by molar-refractivity contribution is -0.385. The molecule has 1 heterocycles. The van der Waals surface area contributed by atoms with Gasteiger partial charge in [-0.1, -0.05) is 22.9 Å². The molecule has 0 fully saturated rings. The van der Waals surface area contributed by atoms with E-state index in [0.717, 1.165) is 12.3 Å². The number of ether oxygens (including phenoxy) is 1. The third kappa shape index (κ3) is 3.73. The molecule has 0 aliphatic heterocycles. The normalized spacial score (nSPS) is 11.4. The summed E-state index contributed by atoms with van der Waals surface area (Å²) in [5, 5.41) is 11.4. The lowest BCUT2D eigenvalue weighted by atomic mass is 10.3. The topological polar surface area (TPSA) is 86.5 Å². The highest BCUT2D eigenvalue weighted by molar-refractivity contribution is 9.10. The van der Waals surface area contributed by atoms with Crippen molar-refractivity contribution in [3.05, 3.63) is 43.9 Å². The van der Waals surface area contributed by atoms with E-state index in [9.17, 15) is 18.5 Å². The van der Waals surface area contributed by atoms with Crippen LogP contribution in [-0.2, 0) is 9.84 Å². The Morgan fingerprint density at radius 3 is 2.57 bits per heavy atom. The molecule has 0 saturated heterocycles. The first-order valence-corrected chi connectivity index (χ1v) is 9.17. The van der Waals surface area contributed by atoms with E-state index in [1.54, 1.807) is 12.1 Å². The molecule has 2 aromatic rings. The number of nitro groups is 1. The zero-order chi connectivity index (χ0) is 15.8.